The molecule has 1 fully saturated rings. The van der Waals surface area contributed by atoms with Gasteiger partial charge in [0.2, 0.25) is 5.91 Å². The third kappa shape index (κ3) is 5.96. The summed E-state index contributed by atoms with van der Waals surface area (Å²) in [5.41, 5.74) is 1.03. The van der Waals surface area contributed by atoms with Gasteiger partial charge in [-0.05, 0) is 23.8 Å². The van der Waals surface area contributed by atoms with Crippen LogP contribution < -0.4 is 10.1 Å². The lowest BCUT2D eigenvalue weighted by atomic mass is 10.0. The van der Waals surface area contributed by atoms with Crippen molar-refractivity contribution < 1.29 is 14.3 Å². The number of nitrogens with zero attached hydrogens (tertiary/aromatic N) is 1. The average Bonchev–Trinajstić information content (AvgIpc) is 2.71. The fourth-order valence-electron chi connectivity index (χ4n) is 3.15. The van der Waals surface area contributed by atoms with E-state index in [4.69, 9.17) is 21.1 Å². The zero-order valence-electron chi connectivity index (χ0n) is 15.3. The minimum absolute atomic E-state index is 0.0293. The second kappa shape index (κ2) is 10.3. The third-order valence-electron chi connectivity index (χ3n) is 4.58. The predicted octanol–water partition coefficient (Wildman–Crippen LogP) is 3.30. The van der Waals surface area contributed by atoms with E-state index in [1.54, 1.807) is 0 Å². The van der Waals surface area contributed by atoms with Crippen molar-refractivity contribution in [2.24, 2.45) is 0 Å². The monoisotopic (exact) mass is 388 g/mol. The molecule has 2 aromatic carbocycles. The van der Waals surface area contributed by atoms with Crippen LogP contribution in [0.3, 0.4) is 0 Å². The molecular weight excluding hydrogens is 364 g/mol. The smallest absolute Gasteiger partial charge is 0.223 e. The number of amides is 1. The number of nitrogens with one attached hydrogen (secondary N) is 1. The van der Waals surface area contributed by atoms with Crippen LogP contribution >= 0.6 is 11.6 Å². The van der Waals surface area contributed by atoms with Gasteiger partial charge in [-0.1, -0.05) is 48.0 Å². The van der Waals surface area contributed by atoms with Crippen molar-refractivity contribution in [3.05, 3.63) is 65.2 Å². The van der Waals surface area contributed by atoms with Crippen molar-refractivity contribution in [2.45, 2.75) is 12.5 Å². The molecule has 0 radical (unpaired) electrons. The fourth-order valence-corrected chi connectivity index (χ4v) is 3.41. The van der Waals surface area contributed by atoms with Crippen LogP contribution in [0.15, 0.2) is 54.6 Å². The summed E-state index contributed by atoms with van der Waals surface area (Å²) in [6.45, 7) is 3.89. The Morgan fingerprint density at radius 2 is 1.81 bits per heavy atom. The van der Waals surface area contributed by atoms with Crippen LogP contribution in [-0.4, -0.2) is 50.3 Å². The van der Waals surface area contributed by atoms with Crippen LogP contribution in [0.2, 0.25) is 5.02 Å². The second-order valence-corrected chi connectivity index (χ2v) is 6.81. The lowest BCUT2D eigenvalue weighted by Gasteiger charge is -2.35. The lowest BCUT2D eigenvalue weighted by molar-refractivity contribution is -0.121. The van der Waals surface area contributed by atoms with Gasteiger partial charge in [0, 0.05) is 24.7 Å². The van der Waals surface area contributed by atoms with E-state index in [9.17, 15) is 4.79 Å². The van der Waals surface area contributed by atoms with Crippen LogP contribution in [0, 0.1) is 0 Å². The van der Waals surface area contributed by atoms with Gasteiger partial charge in [-0.3, -0.25) is 9.69 Å². The standard InChI is InChI=1S/C21H25ClN2O3/c22-19-9-5-4-8-18(19)20(24-11-14-26-15-12-24)16-23-21(25)10-13-27-17-6-2-1-3-7-17/h1-9,20H,10-16H2,(H,23,25)/t20-/m1/s1. The van der Waals surface area contributed by atoms with Crippen LogP contribution in [0.1, 0.15) is 18.0 Å². The van der Waals surface area contributed by atoms with Gasteiger partial charge >= 0.3 is 0 Å². The molecule has 1 N–H and O–H groups in total. The Balaban J connectivity index is 1.54. The van der Waals surface area contributed by atoms with E-state index in [0.717, 1.165) is 29.4 Å². The number of halogens is 1. The fraction of sp³-hybridized carbons (Fsp3) is 0.381. The highest BCUT2D eigenvalue weighted by Crippen LogP contribution is 2.27. The maximum absolute atomic E-state index is 12.3. The quantitative estimate of drug-likeness (QED) is 0.753. The van der Waals surface area contributed by atoms with E-state index in [0.29, 0.717) is 32.8 Å². The Morgan fingerprint density at radius 3 is 2.56 bits per heavy atom. The van der Waals surface area contributed by atoms with Crippen molar-refractivity contribution in [1.29, 1.82) is 0 Å². The molecule has 1 aliphatic rings. The maximum Gasteiger partial charge on any atom is 0.223 e. The number of para-hydroxylation sites is 1. The molecule has 0 aromatic heterocycles. The first-order valence-electron chi connectivity index (χ1n) is 9.25. The molecule has 1 saturated heterocycles. The van der Waals surface area contributed by atoms with Gasteiger partial charge < -0.3 is 14.8 Å². The summed E-state index contributed by atoms with van der Waals surface area (Å²) in [4.78, 5) is 14.6. The van der Waals surface area contributed by atoms with Crippen molar-refractivity contribution in [3.8, 4) is 5.75 Å². The van der Waals surface area contributed by atoms with E-state index >= 15 is 0 Å². The summed E-state index contributed by atoms with van der Waals surface area (Å²) < 4.78 is 11.1. The van der Waals surface area contributed by atoms with E-state index in [1.165, 1.54) is 0 Å². The Bertz CT molecular complexity index is 720. The summed E-state index contributed by atoms with van der Waals surface area (Å²) in [6.07, 6.45) is 0.313. The van der Waals surface area contributed by atoms with Crippen LogP contribution in [0.25, 0.3) is 0 Å². The van der Waals surface area contributed by atoms with E-state index < -0.39 is 0 Å². The Hall–Kier alpha value is -2.08. The molecule has 1 heterocycles. The Labute approximate surface area is 165 Å². The van der Waals surface area contributed by atoms with Gasteiger partial charge in [0.05, 0.1) is 32.3 Å². The molecule has 5 nitrogen and oxygen atoms in total. The van der Waals surface area contributed by atoms with Crippen molar-refractivity contribution >= 4 is 17.5 Å². The number of carbonyl (C=O) groups is 1. The summed E-state index contributed by atoms with van der Waals surface area (Å²) in [6, 6.07) is 17.3. The first kappa shape index (κ1) is 19.7. The zero-order valence-corrected chi connectivity index (χ0v) is 16.0. The SMILES string of the molecule is O=C(CCOc1ccccc1)NC[C@H](c1ccccc1Cl)N1CCOCC1. The highest BCUT2D eigenvalue weighted by Gasteiger charge is 2.24. The number of hydrogen-bond donors (Lipinski definition) is 1. The van der Waals surface area contributed by atoms with E-state index in [2.05, 4.69) is 10.2 Å². The van der Waals surface area contributed by atoms with Gasteiger partial charge in [0.1, 0.15) is 5.75 Å². The van der Waals surface area contributed by atoms with Gasteiger partial charge in [-0.2, -0.15) is 0 Å². The molecule has 1 amide bonds. The van der Waals surface area contributed by atoms with Gasteiger partial charge in [0.25, 0.3) is 0 Å². The minimum Gasteiger partial charge on any atom is -0.493 e. The molecule has 1 atom stereocenters. The van der Waals surface area contributed by atoms with Crippen LogP contribution in [0.4, 0.5) is 0 Å². The number of morpholine rings is 1. The number of hydrogen-bond acceptors (Lipinski definition) is 4. The maximum atomic E-state index is 12.3. The molecule has 144 valence electrons. The first-order chi connectivity index (χ1) is 13.2. The molecule has 1 aliphatic heterocycles. The second-order valence-electron chi connectivity index (χ2n) is 6.40. The summed E-state index contributed by atoms with van der Waals surface area (Å²) in [7, 11) is 0. The highest BCUT2D eigenvalue weighted by molar-refractivity contribution is 6.31. The molecular formula is C21H25ClN2O3. The van der Waals surface area contributed by atoms with Gasteiger partial charge in [0.15, 0.2) is 0 Å². The number of benzene rings is 2. The molecule has 6 heteroatoms. The summed E-state index contributed by atoms with van der Waals surface area (Å²) >= 11 is 6.41. The Morgan fingerprint density at radius 1 is 1.11 bits per heavy atom. The first-order valence-corrected chi connectivity index (χ1v) is 9.62. The molecule has 0 aliphatic carbocycles. The Kier molecular flexibility index (Phi) is 7.51. The van der Waals surface area contributed by atoms with Crippen molar-refractivity contribution in [2.75, 3.05) is 39.5 Å². The normalized spacial score (nSPS) is 15.9. The van der Waals surface area contributed by atoms with E-state index in [1.807, 2.05) is 54.6 Å². The minimum atomic E-state index is -0.0313. The van der Waals surface area contributed by atoms with Crippen molar-refractivity contribution in [1.82, 2.24) is 10.2 Å². The topological polar surface area (TPSA) is 50.8 Å². The largest absolute Gasteiger partial charge is 0.493 e. The van der Waals surface area contributed by atoms with Crippen LogP contribution in [-0.2, 0) is 9.53 Å². The van der Waals surface area contributed by atoms with Gasteiger partial charge in [-0.25, -0.2) is 0 Å². The summed E-state index contributed by atoms with van der Waals surface area (Å²) in [5.74, 6) is 0.740. The number of carbonyl (C=O) groups excluding carboxylic acids is 1. The van der Waals surface area contributed by atoms with Crippen molar-refractivity contribution in [3.63, 3.8) is 0 Å². The van der Waals surface area contributed by atoms with Gasteiger partial charge in [-0.15, -0.1) is 0 Å². The lowest BCUT2D eigenvalue weighted by Crippen LogP contribution is -2.44. The number of rotatable bonds is 8. The van der Waals surface area contributed by atoms with Crippen LogP contribution in [0.5, 0.6) is 5.75 Å². The molecule has 0 spiro atoms. The molecule has 3 rings (SSSR count). The molecule has 0 saturated carbocycles. The molecule has 0 bridgehead atoms. The predicted molar refractivity (Wildman–Crippen MR) is 106 cm³/mol. The highest BCUT2D eigenvalue weighted by atomic mass is 35.5. The molecule has 0 unspecified atom stereocenters. The molecule has 2 aromatic rings. The average molecular weight is 389 g/mol. The summed E-state index contributed by atoms with van der Waals surface area (Å²) in [5, 5.41) is 3.75. The third-order valence-corrected chi connectivity index (χ3v) is 4.93. The number of ether oxygens (including phenoxy) is 2. The van der Waals surface area contributed by atoms with E-state index in [-0.39, 0.29) is 11.9 Å². The zero-order chi connectivity index (χ0) is 18.9. The molecule has 27 heavy (non-hydrogen) atoms.